The molecule has 144 valence electrons. The number of methoxy groups -OCH3 is 1. The SMILES string of the molecule is COCCOc1cccc(CNC(=O)c2ccccc2Cc2ccccc2)c1. The van der Waals surface area contributed by atoms with E-state index in [1.54, 1.807) is 7.11 Å². The van der Waals surface area contributed by atoms with Gasteiger partial charge >= 0.3 is 0 Å². The Balaban J connectivity index is 1.63. The van der Waals surface area contributed by atoms with E-state index < -0.39 is 0 Å². The topological polar surface area (TPSA) is 47.6 Å². The molecule has 0 spiro atoms. The van der Waals surface area contributed by atoms with Crippen molar-refractivity contribution < 1.29 is 14.3 Å². The van der Waals surface area contributed by atoms with Gasteiger partial charge in [-0.25, -0.2) is 0 Å². The van der Waals surface area contributed by atoms with Crippen LogP contribution in [-0.2, 0) is 17.7 Å². The summed E-state index contributed by atoms with van der Waals surface area (Å²) in [5.74, 6) is 0.700. The quantitative estimate of drug-likeness (QED) is 0.569. The minimum absolute atomic E-state index is 0.0720. The predicted octanol–water partition coefficient (Wildman–Crippen LogP) is 4.23. The largest absolute Gasteiger partial charge is 0.491 e. The Morgan fingerprint density at radius 2 is 1.61 bits per heavy atom. The van der Waals surface area contributed by atoms with Gasteiger partial charge in [-0.05, 0) is 41.3 Å². The molecule has 0 aromatic heterocycles. The number of carbonyl (C=O) groups is 1. The van der Waals surface area contributed by atoms with Gasteiger partial charge in [0.1, 0.15) is 12.4 Å². The van der Waals surface area contributed by atoms with Crippen molar-refractivity contribution in [3.8, 4) is 5.75 Å². The molecule has 0 saturated carbocycles. The fourth-order valence-corrected chi connectivity index (χ4v) is 2.98. The summed E-state index contributed by atoms with van der Waals surface area (Å²) < 4.78 is 10.6. The molecule has 0 aliphatic carbocycles. The average Bonchev–Trinajstić information content (AvgIpc) is 2.74. The molecule has 0 heterocycles. The van der Waals surface area contributed by atoms with Gasteiger partial charge in [0.2, 0.25) is 0 Å². The lowest BCUT2D eigenvalue weighted by Crippen LogP contribution is -2.24. The number of benzene rings is 3. The third-order valence-corrected chi connectivity index (χ3v) is 4.41. The first-order valence-corrected chi connectivity index (χ1v) is 9.37. The van der Waals surface area contributed by atoms with Gasteiger partial charge in [-0.2, -0.15) is 0 Å². The lowest BCUT2D eigenvalue weighted by molar-refractivity contribution is 0.0950. The summed E-state index contributed by atoms with van der Waals surface area (Å²) in [7, 11) is 1.64. The molecule has 1 amide bonds. The first kappa shape index (κ1) is 19.6. The molecule has 0 saturated heterocycles. The average molecular weight is 375 g/mol. The second-order valence-corrected chi connectivity index (χ2v) is 6.49. The summed E-state index contributed by atoms with van der Waals surface area (Å²) in [4.78, 5) is 12.8. The fraction of sp³-hybridized carbons (Fsp3) is 0.208. The molecule has 28 heavy (non-hydrogen) atoms. The second-order valence-electron chi connectivity index (χ2n) is 6.49. The lowest BCUT2D eigenvalue weighted by Gasteiger charge is -2.11. The Hall–Kier alpha value is -3.11. The predicted molar refractivity (Wildman–Crippen MR) is 111 cm³/mol. The number of amides is 1. The van der Waals surface area contributed by atoms with E-state index in [0.717, 1.165) is 23.3 Å². The molecule has 0 aliphatic heterocycles. The first-order chi connectivity index (χ1) is 13.8. The van der Waals surface area contributed by atoms with Crippen LogP contribution in [0.25, 0.3) is 0 Å². The van der Waals surface area contributed by atoms with Crippen molar-refractivity contribution in [3.05, 3.63) is 101 Å². The van der Waals surface area contributed by atoms with Crippen LogP contribution in [0.15, 0.2) is 78.9 Å². The molecule has 1 N–H and O–H groups in total. The maximum absolute atomic E-state index is 12.8. The zero-order chi connectivity index (χ0) is 19.6. The van der Waals surface area contributed by atoms with Gasteiger partial charge in [-0.3, -0.25) is 4.79 Å². The molecule has 0 fully saturated rings. The van der Waals surface area contributed by atoms with Crippen LogP contribution in [0, 0.1) is 0 Å². The second kappa shape index (κ2) is 10.3. The fourth-order valence-electron chi connectivity index (χ4n) is 2.98. The van der Waals surface area contributed by atoms with Crippen LogP contribution in [-0.4, -0.2) is 26.2 Å². The smallest absolute Gasteiger partial charge is 0.251 e. The van der Waals surface area contributed by atoms with Gasteiger partial charge in [0.15, 0.2) is 0 Å². The number of rotatable bonds is 9. The minimum atomic E-state index is -0.0720. The Bertz CT molecular complexity index is 893. The van der Waals surface area contributed by atoms with E-state index in [-0.39, 0.29) is 5.91 Å². The van der Waals surface area contributed by atoms with Crippen LogP contribution in [0.5, 0.6) is 5.75 Å². The van der Waals surface area contributed by atoms with E-state index in [1.807, 2.05) is 66.7 Å². The van der Waals surface area contributed by atoms with Crippen molar-refractivity contribution in [2.45, 2.75) is 13.0 Å². The zero-order valence-electron chi connectivity index (χ0n) is 16.1. The van der Waals surface area contributed by atoms with Crippen molar-refractivity contribution in [1.29, 1.82) is 0 Å². The Morgan fingerprint density at radius 3 is 2.43 bits per heavy atom. The molecule has 0 unspecified atom stereocenters. The Kier molecular flexibility index (Phi) is 7.21. The van der Waals surface area contributed by atoms with Crippen LogP contribution >= 0.6 is 0 Å². The van der Waals surface area contributed by atoms with Gasteiger partial charge in [0, 0.05) is 19.2 Å². The molecule has 3 rings (SSSR count). The number of hydrogen-bond acceptors (Lipinski definition) is 3. The summed E-state index contributed by atoms with van der Waals surface area (Å²) in [5, 5.41) is 3.02. The highest BCUT2D eigenvalue weighted by atomic mass is 16.5. The monoisotopic (exact) mass is 375 g/mol. The van der Waals surface area contributed by atoms with Gasteiger partial charge in [-0.15, -0.1) is 0 Å². The van der Waals surface area contributed by atoms with Crippen molar-refractivity contribution in [3.63, 3.8) is 0 Å². The van der Waals surface area contributed by atoms with Gasteiger partial charge < -0.3 is 14.8 Å². The summed E-state index contributed by atoms with van der Waals surface area (Å²) >= 11 is 0. The molecule has 0 radical (unpaired) electrons. The van der Waals surface area contributed by atoms with E-state index >= 15 is 0 Å². The number of hydrogen-bond donors (Lipinski definition) is 1. The maximum Gasteiger partial charge on any atom is 0.251 e. The Labute approximate surface area is 166 Å². The summed E-state index contributed by atoms with van der Waals surface area (Å²) in [5.41, 5.74) is 3.90. The normalized spacial score (nSPS) is 10.5. The summed E-state index contributed by atoms with van der Waals surface area (Å²) in [6.45, 7) is 1.48. The molecule has 3 aromatic carbocycles. The molecular formula is C24H25NO3. The van der Waals surface area contributed by atoms with E-state index in [9.17, 15) is 4.79 Å². The van der Waals surface area contributed by atoms with Crippen molar-refractivity contribution in [1.82, 2.24) is 5.32 Å². The van der Waals surface area contributed by atoms with Crippen LogP contribution in [0.4, 0.5) is 0 Å². The molecule has 0 bridgehead atoms. The molecule has 4 heteroatoms. The van der Waals surface area contributed by atoms with Crippen molar-refractivity contribution >= 4 is 5.91 Å². The number of nitrogens with one attached hydrogen (secondary N) is 1. The van der Waals surface area contributed by atoms with Crippen LogP contribution < -0.4 is 10.1 Å². The lowest BCUT2D eigenvalue weighted by atomic mass is 9.99. The summed E-state index contributed by atoms with van der Waals surface area (Å²) in [6, 6.07) is 25.6. The maximum atomic E-state index is 12.8. The van der Waals surface area contributed by atoms with E-state index in [0.29, 0.717) is 25.3 Å². The molecule has 3 aromatic rings. The highest BCUT2D eigenvalue weighted by molar-refractivity contribution is 5.95. The van der Waals surface area contributed by atoms with Crippen molar-refractivity contribution in [2.75, 3.05) is 20.3 Å². The molecule has 0 atom stereocenters. The van der Waals surface area contributed by atoms with Gasteiger partial charge in [-0.1, -0.05) is 60.7 Å². The highest BCUT2D eigenvalue weighted by Crippen LogP contribution is 2.16. The van der Waals surface area contributed by atoms with Crippen LogP contribution in [0.3, 0.4) is 0 Å². The van der Waals surface area contributed by atoms with Gasteiger partial charge in [0.25, 0.3) is 5.91 Å². The minimum Gasteiger partial charge on any atom is -0.491 e. The molecular weight excluding hydrogens is 350 g/mol. The third-order valence-electron chi connectivity index (χ3n) is 4.41. The highest BCUT2D eigenvalue weighted by Gasteiger charge is 2.11. The zero-order valence-corrected chi connectivity index (χ0v) is 16.1. The molecule has 4 nitrogen and oxygen atoms in total. The van der Waals surface area contributed by atoms with E-state index in [4.69, 9.17) is 9.47 Å². The third kappa shape index (κ3) is 5.69. The molecule has 0 aliphatic rings. The van der Waals surface area contributed by atoms with E-state index in [1.165, 1.54) is 5.56 Å². The van der Waals surface area contributed by atoms with Crippen LogP contribution in [0.2, 0.25) is 0 Å². The number of carbonyl (C=O) groups excluding carboxylic acids is 1. The standard InChI is InChI=1S/C24H25NO3/c1-27-14-15-28-22-12-7-10-20(17-22)18-25-24(26)23-13-6-5-11-21(23)16-19-8-3-2-4-9-19/h2-13,17H,14-16,18H2,1H3,(H,25,26). The van der Waals surface area contributed by atoms with E-state index in [2.05, 4.69) is 17.4 Å². The van der Waals surface area contributed by atoms with Crippen LogP contribution in [0.1, 0.15) is 27.0 Å². The Morgan fingerprint density at radius 1 is 0.857 bits per heavy atom. The number of ether oxygens (including phenoxy) is 2. The van der Waals surface area contributed by atoms with Crippen molar-refractivity contribution in [2.24, 2.45) is 0 Å². The van der Waals surface area contributed by atoms with Gasteiger partial charge in [0.05, 0.1) is 6.61 Å². The summed E-state index contributed by atoms with van der Waals surface area (Å²) in [6.07, 6.45) is 0.729. The first-order valence-electron chi connectivity index (χ1n) is 9.37.